The highest BCUT2D eigenvalue weighted by molar-refractivity contribution is 5.82. The van der Waals surface area contributed by atoms with E-state index in [-0.39, 0.29) is 0 Å². The molecule has 0 saturated heterocycles. The summed E-state index contributed by atoms with van der Waals surface area (Å²) >= 11 is 0. The van der Waals surface area contributed by atoms with Crippen molar-refractivity contribution in [3.05, 3.63) is 0 Å². The average molecular weight is 140 g/mol. The van der Waals surface area contributed by atoms with Crippen molar-refractivity contribution in [2.45, 2.75) is 45.4 Å². The molecule has 0 aliphatic heterocycles. The minimum Gasteiger partial charge on any atom is -0.299 e. The maximum Gasteiger partial charge on any atom is 0.135 e. The first-order valence-electron chi connectivity index (χ1n) is 4.37. The van der Waals surface area contributed by atoms with Crippen molar-refractivity contribution in [3.8, 4) is 0 Å². The second-order valence-corrected chi connectivity index (χ2v) is 3.20. The van der Waals surface area contributed by atoms with Crippen molar-refractivity contribution >= 4 is 5.78 Å². The Kier molecular flexibility index (Phi) is 2.91. The zero-order valence-corrected chi connectivity index (χ0v) is 6.73. The Labute approximate surface area is 62.8 Å². The Morgan fingerprint density at radius 3 is 2.90 bits per heavy atom. The van der Waals surface area contributed by atoms with Crippen molar-refractivity contribution in [2.24, 2.45) is 5.92 Å². The van der Waals surface area contributed by atoms with E-state index in [9.17, 15) is 4.79 Å². The summed E-state index contributed by atoms with van der Waals surface area (Å²) in [6.07, 6.45) is 6.77. The first-order valence-corrected chi connectivity index (χ1v) is 4.37. The largest absolute Gasteiger partial charge is 0.299 e. The maximum absolute atomic E-state index is 11.1. The van der Waals surface area contributed by atoms with E-state index in [2.05, 4.69) is 6.92 Å². The molecule has 0 amide bonds. The predicted octanol–water partition coefficient (Wildman–Crippen LogP) is 2.55. The molecule has 1 fully saturated rings. The van der Waals surface area contributed by atoms with Gasteiger partial charge < -0.3 is 0 Å². The molecule has 0 unspecified atom stereocenters. The van der Waals surface area contributed by atoms with Gasteiger partial charge >= 0.3 is 0 Å². The van der Waals surface area contributed by atoms with Gasteiger partial charge in [0.15, 0.2) is 0 Å². The lowest BCUT2D eigenvalue weighted by Gasteiger charge is -2.04. The summed E-state index contributed by atoms with van der Waals surface area (Å²) in [5.74, 6) is 0.966. The van der Waals surface area contributed by atoms with Gasteiger partial charge in [0.05, 0.1) is 0 Å². The summed E-state index contributed by atoms with van der Waals surface area (Å²) in [4.78, 5) is 11.1. The molecule has 0 aromatic carbocycles. The lowest BCUT2D eigenvalue weighted by molar-refractivity contribution is -0.120. The van der Waals surface area contributed by atoms with E-state index in [1.165, 1.54) is 19.3 Å². The monoisotopic (exact) mass is 140 g/mol. The van der Waals surface area contributed by atoms with Crippen LogP contribution in [0, 0.1) is 5.92 Å². The van der Waals surface area contributed by atoms with Gasteiger partial charge in [-0.05, 0) is 19.3 Å². The molecule has 1 rings (SSSR count). The number of carbonyl (C=O) groups is 1. The van der Waals surface area contributed by atoms with Crippen LogP contribution in [0.5, 0.6) is 0 Å². The molecule has 1 aliphatic rings. The minimum absolute atomic E-state index is 0.444. The van der Waals surface area contributed by atoms with Gasteiger partial charge in [0.25, 0.3) is 0 Å². The number of hydrogen-bond donors (Lipinski definition) is 0. The van der Waals surface area contributed by atoms with Crippen LogP contribution >= 0.6 is 0 Å². The van der Waals surface area contributed by atoms with Crippen LogP contribution in [-0.2, 0) is 4.79 Å². The van der Waals surface area contributed by atoms with Gasteiger partial charge in [0.2, 0.25) is 0 Å². The molecule has 0 heterocycles. The molecule has 1 saturated carbocycles. The summed E-state index contributed by atoms with van der Waals surface area (Å²) in [6.45, 7) is 2.18. The lowest BCUT2D eigenvalue weighted by atomic mass is 10.0. The van der Waals surface area contributed by atoms with Crippen LogP contribution in [0.15, 0.2) is 0 Å². The number of ketones is 1. The number of unbranched alkanes of at least 4 members (excludes halogenated alkanes) is 1. The molecule has 0 bridgehead atoms. The SMILES string of the molecule is CCCC[C@H]1CCCC1=O. The summed E-state index contributed by atoms with van der Waals surface area (Å²) in [5.41, 5.74) is 0. The number of Topliss-reactive ketones (excluding diaryl/α,β-unsaturated/α-hetero) is 1. The van der Waals surface area contributed by atoms with Crippen LogP contribution < -0.4 is 0 Å². The van der Waals surface area contributed by atoms with Crippen molar-refractivity contribution in [2.75, 3.05) is 0 Å². The van der Waals surface area contributed by atoms with Crippen LogP contribution in [0.2, 0.25) is 0 Å². The van der Waals surface area contributed by atoms with Crippen LogP contribution in [0.1, 0.15) is 45.4 Å². The third-order valence-electron chi connectivity index (χ3n) is 2.34. The van der Waals surface area contributed by atoms with Crippen LogP contribution in [0.3, 0.4) is 0 Å². The van der Waals surface area contributed by atoms with Crippen molar-refractivity contribution in [1.29, 1.82) is 0 Å². The highest BCUT2D eigenvalue weighted by atomic mass is 16.1. The van der Waals surface area contributed by atoms with E-state index in [0.29, 0.717) is 11.7 Å². The molecule has 58 valence electrons. The molecule has 0 aromatic rings. The number of rotatable bonds is 3. The van der Waals surface area contributed by atoms with Gasteiger partial charge in [-0.1, -0.05) is 19.8 Å². The van der Waals surface area contributed by atoms with Crippen molar-refractivity contribution in [1.82, 2.24) is 0 Å². The smallest absolute Gasteiger partial charge is 0.135 e. The number of hydrogen-bond acceptors (Lipinski definition) is 1. The molecule has 1 aliphatic carbocycles. The fourth-order valence-corrected chi connectivity index (χ4v) is 1.64. The van der Waals surface area contributed by atoms with Gasteiger partial charge in [0, 0.05) is 12.3 Å². The van der Waals surface area contributed by atoms with E-state index in [4.69, 9.17) is 0 Å². The van der Waals surface area contributed by atoms with Crippen molar-refractivity contribution in [3.63, 3.8) is 0 Å². The van der Waals surface area contributed by atoms with E-state index < -0.39 is 0 Å². The average Bonchev–Trinajstić information content (AvgIpc) is 2.31. The Morgan fingerprint density at radius 2 is 2.40 bits per heavy atom. The zero-order valence-electron chi connectivity index (χ0n) is 6.73. The standard InChI is InChI=1S/C9H16O/c1-2-3-5-8-6-4-7-9(8)10/h8H,2-7H2,1H3/t8-/m0/s1. The summed E-state index contributed by atoms with van der Waals surface area (Å²) in [5, 5.41) is 0. The normalized spacial score (nSPS) is 25.7. The maximum atomic E-state index is 11.1. The lowest BCUT2D eigenvalue weighted by Crippen LogP contribution is -2.05. The molecule has 1 heteroatoms. The number of carbonyl (C=O) groups excluding carboxylic acids is 1. The molecule has 10 heavy (non-hydrogen) atoms. The predicted molar refractivity (Wildman–Crippen MR) is 41.9 cm³/mol. The molecule has 0 spiro atoms. The molecular formula is C9H16O. The highest BCUT2D eigenvalue weighted by Crippen LogP contribution is 2.25. The van der Waals surface area contributed by atoms with Gasteiger partial charge in [-0.2, -0.15) is 0 Å². The Bertz CT molecular complexity index is 118. The summed E-state index contributed by atoms with van der Waals surface area (Å²) in [6, 6.07) is 0. The van der Waals surface area contributed by atoms with E-state index >= 15 is 0 Å². The van der Waals surface area contributed by atoms with Gasteiger partial charge in [-0.15, -0.1) is 0 Å². The molecule has 1 nitrogen and oxygen atoms in total. The quantitative estimate of drug-likeness (QED) is 0.588. The first-order chi connectivity index (χ1) is 4.84. The van der Waals surface area contributed by atoms with Crippen LogP contribution in [0.25, 0.3) is 0 Å². The van der Waals surface area contributed by atoms with E-state index in [0.717, 1.165) is 19.3 Å². The first kappa shape index (κ1) is 7.77. The second kappa shape index (κ2) is 3.75. The summed E-state index contributed by atoms with van der Waals surface area (Å²) < 4.78 is 0. The van der Waals surface area contributed by atoms with E-state index in [1.807, 2.05) is 0 Å². The minimum atomic E-state index is 0.444. The highest BCUT2D eigenvalue weighted by Gasteiger charge is 2.22. The van der Waals surface area contributed by atoms with Crippen LogP contribution in [-0.4, -0.2) is 5.78 Å². The Morgan fingerprint density at radius 1 is 1.60 bits per heavy atom. The van der Waals surface area contributed by atoms with E-state index in [1.54, 1.807) is 0 Å². The van der Waals surface area contributed by atoms with Gasteiger partial charge in [0.1, 0.15) is 5.78 Å². The van der Waals surface area contributed by atoms with Crippen molar-refractivity contribution < 1.29 is 4.79 Å². The fraction of sp³-hybridized carbons (Fsp3) is 0.889. The third kappa shape index (κ3) is 1.83. The van der Waals surface area contributed by atoms with Gasteiger partial charge in [-0.3, -0.25) is 4.79 Å². The van der Waals surface area contributed by atoms with Gasteiger partial charge in [-0.25, -0.2) is 0 Å². The molecule has 0 N–H and O–H groups in total. The second-order valence-electron chi connectivity index (χ2n) is 3.20. The topological polar surface area (TPSA) is 17.1 Å². The Hall–Kier alpha value is -0.330. The Balaban J connectivity index is 2.20. The molecular weight excluding hydrogens is 124 g/mol. The van der Waals surface area contributed by atoms with Crippen LogP contribution in [0.4, 0.5) is 0 Å². The molecule has 1 atom stereocenters. The molecule has 0 aromatic heterocycles. The third-order valence-corrected chi connectivity index (χ3v) is 2.34. The summed E-state index contributed by atoms with van der Waals surface area (Å²) in [7, 11) is 0. The molecule has 0 radical (unpaired) electrons. The zero-order chi connectivity index (χ0) is 7.40. The fourth-order valence-electron chi connectivity index (χ4n) is 1.64.